The minimum absolute atomic E-state index is 0.270. The van der Waals surface area contributed by atoms with Gasteiger partial charge in [-0.25, -0.2) is 9.97 Å². The molecule has 11 heteroatoms. The van der Waals surface area contributed by atoms with E-state index in [-0.39, 0.29) is 5.91 Å². The zero-order chi connectivity index (χ0) is 24.5. The lowest BCUT2D eigenvalue weighted by Crippen LogP contribution is -2.36. The number of hydrogen-bond acceptors (Lipinski definition) is 10. The van der Waals surface area contributed by atoms with Crippen LogP contribution in [0, 0.1) is 5.92 Å². The predicted molar refractivity (Wildman–Crippen MR) is 142 cm³/mol. The van der Waals surface area contributed by atoms with E-state index in [1.165, 1.54) is 12.6 Å². The molecular weight excluding hydrogens is 476 g/mol. The summed E-state index contributed by atoms with van der Waals surface area (Å²) in [6.07, 6.45) is 7.86. The number of aromatic nitrogens is 4. The van der Waals surface area contributed by atoms with Crippen LogP contribution in [0.5, 0.6) is 0 Å². The molecule has 3 saturated heterocycles. The Morgan fingerprint density at radius 3 is 2.61 bits per heavy atom. The number of nitrogens with zero attached hydrogens (tertiary/aromatic N) is 7. The molecule has 1 amide bonds. The van der Waals surface area contributed by atoms with Gasteiger partial charge in [-0.2, -0.15) is 4.98 Å². The Balaban J connectivity index is 1.30. The number of rotatable bonds is 5. The number of piperidine rings is 1. The first kappa shape index (κ1) is 23.4. The monoisotopic (exact) mass is 508 g/mol. The fourth-order valence-electron chi connectivity index (χ4n) is 5.12. The van der Waals surface area contributed by atoms with Gasteiger partial charge in [0.1, 0.15) is 11.5 Å². The number of fused-ring (bicyclic) bond motifs is 1. The number of nitrogens with one attached hydrogen (secondary N) is 1. The van der Waals surface area contributed by atoms with Crippen molar-refractivity contribution in [2.24, 2.45) is 5.92 Å². The third-order valence-corrected chi connectivity index (χ3v) is 8.19. The maximum atomic E-state index is 13.4. The number of morpholine rings is 1. The smallest absolute Gasteiger partial charge is 0.276 e. The largest absolute Gasteiger partial charge is 0.378 e. The molecular formula is C25H32N8O2S. The molecule has 36 heavy (non-hydrogen) atoms. The van der Waals surface area contributed by atoms with Gasteiger partial charge in [0.15, 0.2) is 16.6 Å². The van der Waals surface area contributed by atoms with E-state index >= 15 is 0 Å². The second-order valence-electron chi connectivity index (χ2n) is 9.88. The summed E-state index contributed by atoms with van der Waals surface area (Å²) in [5, 5.41) is 4.06. The first-order valence-corrected chi connectivity index (χ1v) is 13.7. The molecule has 0 aliphatic carbocycles. The van der Waals surface area contributed by atoms with Crippen LogP contribution in [0.3, 0.4) is 0 Å². The highest BCUT2D eigenvalue weighted by Gasteiger charge is 2.24. The van der Waals surface area contributed by atoms with Crippen LogP contribution in [-0.2, 0) is 4.74 Å². The molecule has 3 aromatic rings. The molecule has 0 radical (unpaired) electrons. The Morgan fingerprint density at radius 1 is 1.00 bits per heavy atom. The molecule has 0 bridgehead atoms. The van der Waals surface area contributed by atoms with Crippen molar-refractivity contribution in [1.82, 2.24) is 19.9 Å². The number of ether oxygens (including phenoxy) is 1. The average molecular weight is 509 g/mol. The quantitative estimate of drug-likeness (QED) is 0.556. The van der Waals surface area contributed by atoms with Gasteiger partial charge in [-0.3, -0.25) is 9.78 Å². The summed E-state index contributed by atoms with van der Waals surface area (Å²) in [7, 11) is 0. The Kier molecular flexibility index (Phi) is 6.58. The van der Waals surface area contributed by atoms with Crippen LogP contribution in [0.25, 0.3) is 10.3 Å². The molecule has 0 aromatic carbocycles. The summed E-state index contributed by atoms with van der Waals surface area (Å²) >= 11 is 1.61. The van der Waals surface area contributed by atoms with Gasteiger partial charge in [-0.05, 0) is 37.7 Å². The Bertz CT molecular complexity index is 1240. The third kappa shape index (κ3) is 4.81. The number of thiazole rings is 1. The first-order chi connectivity index (χ1) is 17.6. The van der Waals surface area contributed by atoms with Crippen molar-refractivity contribution in [3.05, 3.63) is 24.2 Å². The molecule has 1 N–H and O–H groups in total. The highest BCUT2D eigenvalue weighted by atomic mass is 32.1. The number of amides is 1. The summed E-state index contributed by atoms with van der Waals surface area (Å²) in [5.41, 5.74) is 1.74. The second kappa shape index (κ2) is 10.1. The van der Waals surface area contributed by atoms with E-state index in [1.807, 2.05) is 6.07 Å². The SMILES string of the molecule is CC1CCN(c2cncc(C(=O)Nc3cc4sc(N5CCOCC5)nc4nc3N3CCCCC3)n2)C1. The first-order valence-electron chi connectivity index (χ1n) is 12.9. The number of carbonyl (C=O) groups excluding carboxylic acids is 1. The van der Waals surface area contributed by atoms with Crippen molar-refractivity contribution in [3.8, 4) is 0 Å². The van der Waals surface area contributed by atoms with Gasteiger partial charge in [-0.15, -0.1) is 0 Å². The summed E-state index contributed by atoms with van der Waals surface area (Å²) in [6, 6.07) is 2.02. The number of pyridine rings is 1. The van der Waals surface area contributed by atoms with E-state index < -0.39 is 0 Å². The van der Waals surface area contributed by atoms with Crippen molar-refractivity contribution in [2.45, 2.75) is 32.6 Å². The van der Waals surface area contributed by atoms with Crippen molar-refractivity contribution in [2.75, 3.05) is 72.5 Å². The van der Waals surface area contributed by atoms with Gasteiger partial charge in [0.05, 0.1) is 36.0 Å². The highest BCUT2D eigenvalue weighted by Crippen LogP contribution is 2.35. The van der Waals surface area contributed by atoms with E-state index in [2.05, 4.69) is 36.9 Å². The van der Waals surface area contributed by atoms with Crippen LogP contribution in [0.2, 0.25) is 0 Å². The van der Waals surface area contributed by atoms with Crippen LogP contribution >= 0.6 is 11.3 Å². The standard InChI is InChI=1S/C25H32N8O2S/c1-17-5-8-33(16-17)21-15-26-14-19(27-21)24(34)28-18-13-20-22(29-23(18)31-6-3-2-4-7-31)30-25(36-20)32-9-11-35-12-10-32/h13-15,17H,2-12,16H2,1H3,(H,28,34). The summed E-state index contributed by atoms with van der Waals surface area (Å²) in [5.74, 6) is 1.89. The third-order valence-electron chi connectivity index (χ3n) is 7.14. The predicted octanol–water partition coefficient (Wildman–Crippen LogP) is 3.41. The van der Waals surface area contributed by atoms with Crippen molar-refractivity contribution in [3.63, 3.8) is 0 Å². The van der Waals surface area contributed by atoms with Crippen LogP contribution in [0.15, 0.2) is 18.5 Å². The second-order valence-corrected chi connectivity index (χ2v) is 10.9. The molecule has 6 rings (SSSR count). The van der Waals surface area contributed by atoms with Crippen molar-refractivity contribution < 1.29 is 9.53 Å². The number of anilines is 4. The minimum Gasteiger partial charge on any atom is -0.378 e. The van der Waals surface area contributed by atoms with Crippen molar-refractivity contribution >= 4 is 50.0 Å². The molecule has 0 saturated carbocycles. The highest BCUT2D eigenvalue weighted by molar-refractivity contribution is 7.22. The van der Waals surface area contributed by atoms with Gasteiger partial charge in [0.2, 0.25) is 0 Å². The molecule has 1 atom stereocenters. The van der Waals surface area contributed by atoms with Crippen LogP contribution in [0.4, 0.5) is 22.5 Å². The molecule has 1 unspecified atom stereocenters. The molecule has 10 nitrogen and oxygen atoms in total. The topological polar surface area (TPSA) is 99.6 Å². The van der Waals surface area contributed by atoms with Gasteiger partial charge in [0.25, 0.3) is 5.91 Å². The van der Waals surface area contributed by atoms with Gasteiger partial charge < -0.3 is 24.8 Å². The Morgan fingerprint density at radius 2 is 1.83 bits per heavy atom. The number of hydrogen-bond donors (Lipinski definition) is 1. The van der Waals surface area contributed by atoms with E-state index in [1.54, 1.807) is 17.5 Å². The van der Waals surface area contributed by atoms with Crippen LogP contribution in [-0.4, -0.2) is 78.3 Å². The fraction of sp³-hybridized carbons (Fsp3) is 0.560. The van der Waals surface area contributed by atoms with E-state index in [0.717, 1.165) is 85.6 Å². The summed E-state index contributed by atoms with van der Waals surface area (Å²) in [4.78, 5) is 38.8. The maximum absolute atomic E-state index is 13.4. The molecule has 6 heterocycles. The van der Waals surface area contributed by atoms with Crippen LogP contribution < -0.4 is 20.0 Å². The van der Waals surface area contributed by atoms with Gasteiger partial charge >= 0.3 is 0 Å². The average Bonchev–Trinajstić information content (AvgIpc) is 3.55. The molecule has 3 aliphatic rings. The van der Waals surface area contributed by atoms with Gasteiger partial charge in [0, 0.05) is 39.3 Å². The van der Waals surface area contributed by atoms with Crippen molar-refractivity contribution in [1.29, 1.82) is 0 Å². The summed E-state index contributed by atoms with van der Waals surface area (Å²) in [6.45, 7) is 9.03. The van der Waals surface area contributed by atoms with E-state index in [9.17, 15) is 4.79 Å². The zero-order valence-corrected chi connectivity index (χ0v) is 21.5. The normalized spacial score (nSPS) is 20.8. The van der Waals surface area contributed by atoms with E-state index in [0.29, 0.717) is 30.5 Å². The fourth-order valence-corrected chi connectivity index (χ4v) is 6.12. The lowest BCUT2D eigenvalue weighted by atomic mass is 10.1. The number of carbonyl (C=O) groups is 1. The zero-order valence-electron chi connectivity index (χ0n) is 20.6. The molecule has 0 spiro atoms. The molecule has 3 aromatic heterocycles. The molecule has 190 valence electrons. The van der Waals surface area contributed by atoms with Gasteiger partial charge in [-0.1, -0.05) is 18.3 Å². The minimum atomic E-state index is -0.270. The Labute approximate surface area is 214 Å². The van der Waals surface area contributed by atoms with E-state index in [4.69, 9.17) is 14.7 Å². The summed E-state index contributed by atoms with van der Waals surface area (Å²) < 4.78 is 6.45. The Hall–Kier alpha value is -3.05. The molecule has 3 fully saturated rings. The lowest BCUT2D eigenvalue weighted by Gasteiger charge is -2.29. The lowest BCUT2D eigenvalue weighted by molar-refractivity contribution is 0.102. The molecule has 3 aliphatic heterocycles. The van der Waals surface area contributed by atoms with Crippen LogP contribution in [0.1, 0.15) is 43.1 Å². The maximum Gasteiger partial charge on any atom is 0.276 e.